The second-order valence-electron chi connectivity index (χ2n) is 12.5. The summed E-state index contributed by atoms with van der Waals surface area (Å²) in [6.45, 7) is 2.75. The van der Waals surface area contributed by atoms with E-state index in [4.69, 9.17) is 18.9 Å². The molecule has 2 aliphatic heterocycles. The maximum absolute atomic E-state index is 12.3. The van der Waals surface area contributed by atoms with Crippen molar-refractivity contribution in [2.24, 2.45) is 0 Å². The minimum atomic E-state index is -0.598. The van der Waals surface area contributed by atoms with E-state index in [0.29, 0.717) is 92.1 Å². The summed E-state index contributed by atoms with van der Waals surface area (Å²) in [5, 5.41) is 9.86. The Bertz CT molecular complexity index is 2030. The highest BCUT2D eigenvalue weighted by Gasteiger charge is 2.34. The number of likely N-dealkylation sites (tertiary alicyclic amines) is 2. The minimum absolute atomic E-state index is 0.0490. The summed E-state index contributed by atoms with van der Waals surface area (Å²) in [5.41, 5.74) is 2.29. The maximum atomic E-state index is 12.3. The number of aliphatic hydroxyl groups is 1. The first-order valence-corrected chi connectivity index (χ1v) is 17.0. The zero-order valence-electron chi connectivity index (χ0n) is 29.7. The number of carbonyl (C=O) groups excluding carboxylic acids is 3. The molecule has 1 N–H and O–H groups in total. The van der Waals surface area contributed by atoms with Gasteiger partial charge in [0.05, 0.1) is 69.0 Å². The van der Waals surface area contributed by atoms with Gasteiger partial charge >= 0.3 is 11.9 Å². The van der Waals surface area contributed by atoms with Crippen LogP contribution in [0.3, 0.4) is 0 Å². The van der Waals surface area contributed by atoms with E-state index in [9.17, 15) is 29.1 Å². The number of benzene rings is 2. The maximum Gasteiger partial charge on any atom is 0.323 e. The van der Waals surface area contributed by atoms with Gasteiger partial charge in [0.25, 0.3) is 11.1 Å². The van der Waals surface area contributed by atoms with Crippen LogP contribution in [0, 0.1) is 0 Å². The van der Waals surface area contributed by atoms with Crippen LogP contribution >= 0.6 is 0 Å². The molecule has 278 valence electrons. The van der Waals surface area contributed by atoms with E-state index in [-0.39, 0.29) is 29.3 Å². The summed E-state index contributed by atoms with van der Waals surface area (Å²) < 4.78 is 23.4. The zero-order chi connectivity index (χ0) is 37.4. The molecule has 0 aliphatic carbocycles. The Hall–Kier alpha value is -5.19. The van der Waals surface area contributed by atoms with Gasteiger partial charge in [0.15, 0.2) is 0 Å². The zero-order valence-corrected chi connectivity index (χ0v) is 29.7. The number of fused-ring (bicyclic) bond motifs is 2. The van der Waals surface area contributed by atoms with Gasteiger partial charge in [-0.2, -0.15) is 0 Å². The second kappa shape index (κ2) is 17.4. The first-order chi connectivity index (χ1) is 25.1. The van der Waals surface area contributed by atoms with Crippen LogP contribution in [0.1, 0.15) is 25.7 Å². The number of rotatable bonds is 10. The molecule has 0 spiro atoms. The molecule has 2 saturated heterocycles. The second-order valence-corrected chi connectivity index (χ2v) is 12.5. The van der Waals surface area contributed by atoms with E-state index in [1.54, 1.807) is 59.8 Å². The van der Waals surface area contributed by atoms with E-state index in [1.807, 2.05) is 9.80 Å². The Kier molecular flexibility index (Phi) is 12.7. The van der Waals surface area contributed by atoms with Crippen LogP contribution in [0.2, 0.25) is 0 Å². The molecule has 16 heteroatoms. The standard InChI is InChI=1S/C18H23N3O5.C18H21N3O5/c2*1-25-13-3-4-14-15(10-13)21(17(23)11-19-14)8-7-20-6-5-12(22)9-16(20)18(24)26-2/h3-4,10-12,16,22H,5-9H2,1-2H3;3-4,10-11,16H,5-9H2,1-2H3. The van der Waals surface area contributed by atoms with Crippen LogP contribution in [0.5, 0.6) is 11.5 Å². The van der Waals surface area contributed by atoms with E-state index >= 15 is 0 Å². The van der Waals surface area contributed by atoms with Crippen molar-refractivity contribution in [2.75, 3.05) is 54.6 Å². The number of esters is 2. The van der Waals surface area contributed by atoms with Crippen LogP contribution in [-0.4, -0.2) is 125 Å². The van der Waals surface area contributed by atoms with Crippen molar-refractivity contribution in [3.63, 3.8) is 0 Å². The number of piperidine rings is 2. The van der Waals surface area contributed by atoms with Crippen molar-refractivity contribution in [2.45, 2.75) is 57.0 Å². The third-order valence-electron chi connectivity index (χ3n) is 9.50. The van der Waals surface area contributed by atoms with Crippen LogP contribution in [0.25, 0.3) is 22.1 Å². The van der Waals surface area contributed by atoms with Crippen molar-refractivity contribution >= 4 is 39.8 Å². The number of ether oxygens (including phenoxy) is 4. The van der Waals surface area contributed by atoms with Crippen LogP contribution in [-0.2, 0) is 36.9 Å². The fourth-order valence-electron chi connectivity index (χ4n) is 6.61. The van der Waals surface area contributed by atoms with Crippen molar-refractivity contribution in [3.05, 3.63) is 69.5 Å². The summed E-state index contributed by atoms with van der Waals surface area (Å²) >= 11 is 0. The Labute approximate surface area is 299 Å². The summed E-state index contributed by atoms with van der Waals surface area (Å²) in [6, 6.07) is 9.63. The lowest BCUT2D eigenvalue weighted by Gasteiger charge is -2.36. The van der Waals surface area contributed by atoms with E-state index in [2.05, 4.69) is 9.97 Å². The first kappa shape index (κ1) is 38.1. The van der Waals surface area contributed by atoms with Crippen molar-refractivity contribution < 1.29 is 38.4 Å². The average molecular weight is 721 g/mol. The topological polar surface area (TPSA) is 185 Å². The Balaban J connectivity index is 0.000000201. The van der Waals surface area contributed by atoms with Gasteiger partial charge in [0.1, 0.15) is 29.4 Å². The number of nitrogens with zero attached hydrogens (tertiary/aromatic N) is 6. The van der Waals surface area contributed by atoms with E-state index in [1.165, 1.54) is 26.6 Å². The molecule has 3 atom stereocenters. The van der Waals surface area contributed by atoms with Crippen LogP contribution in [0.15, 0.2) is 58.4 Å². The number of hydrogen-bond acceptors (Lipinski definition) is 14. The molecule has 4 heterocycles. The Morgan fingerprint density at radius 1 is 0.731 bits per heavy atom. The molecule has 0 amide bonds. The van der Waals surface area contributed by atoms with Crippen LogP contribution in [0.4, 0.5) is 0 Å². The normalized spacial score (nSPS) is 19.5. The predicted octanol–water partition coefficient (Wildman–Crippen LogP) is 1.02. The van der Waals surface area contributed by atoms with Gasteiger partial charge in [-0.15, -0.1) is 0 Å². The lowest BCUT2D eigenvalue weighted by molar-refractivity contribution is -0.151. The van der Waals surface area contributed by atoms with E-state index < -0.39 is 24.2 Å². The van der Waals surface area contributed by atoms with Crippen LogP contribution < -0.4 is 20.6 Å². The summed E-state index contributed by atoms with van der Waals surface area (Å²) in [7, 11) is 5.78. The first-order valence-electron chi connectivity index (χ1n) is 17.0. The summed E-state index contributed by atoms with van der Waals surface area (Å²) in [5.74, 6) is 0.541. The smallest absolute Gasteiger partial charge is 0.323 e. The van der Waals surface area contributed by atoms with Gasteiger partial charge in [-0.1, -0.05) is 0 Å². The molecule has 0 saturated carbocycles. The monoisotopic (exact) mass is 720 g/mol. The lowest BCUT2D eigenvalue weighted by Crippen LogP contribution is -2.50. The number of hydrogen-bond donors (Lipinski definition) is 1. The lowest BCUT2D eigenvalue weighted by atomic mass is 9.99. The van der Waals surface area contributed by atoms with Gasteiger partial charge < -0.3 is 33.2 Å². The number of carbonyl (C=O) groups is 3. The molecular weight excluding hydrogens is 676 g/mol. The fourth-order valence-corrected chi connectivity index (χ4v) is 6.61. The number of ketones is 1. The number of aromatic nitrogens is 4. The summed E-state index contributed by atoms with van der Waals surface area (Å²) in [4.78, 5) is 72.6. The quantitative estimate of drug-likeness (QED) is 0.229. The molecule has 6 rings (SSSR count). The Morgan fingerprint density at radius 3 is 1.73 bits per heavy atom. The van der Waals surface area contributed by atoms with Gasteiger partial charge in [0, 0.05) is 64.2 Å². The third kappa shape index (κ3) is 8.81. The van der Waals surface area contributed by atoms with Gasteiger partial charge in [-0.05, 0) is 37.1 Å². The molecule has 52 heavy (non-hydrogen) atoms. The fraction of sp³-hybridized carbons (Fsp3) is 0.472. The summed E-state index contributed by atoms with van der Waals surface area (Å²) in [6.07, 6.45) is 3.54. The average Bonchev–Trinajstić information content (AvgIpc) is 3.17. The molecule has 2 aliphatic rings. The third-order valence-corrected chi connectivity index (χ3v) is 9.50. The predicted molar refractivity (Wildman–Crippen MR) is 189 cm³/mol. The van der Waals surface area contributed by atoms with Crippen molar-refractivity contribution in [1.82, 2.24) is 28.9 Å². The van der Waals surface area contributed by atoms with Crippen molar-refractivity contribution in [3.8, 4) is 11.5 Å². The molecule has 2 fully saturated rings. The van der Waals surface area contributed by atoms with Gasteiger partial charge in [-0.3, -0.25) is 33.8 Å². The van der Waals surface area contributed by atoms with Crippen molar-refractivity contribution in [1.29, 1.82) is 0 Å². The molecular formula is C36H44N6O10. The minimum Gasteiger partial charge on any atom is -0.497 e. The number of aliphatic hydroxyl groups excluding tert-OH is 1. The van der Waals surface area contributed by atoms with Gasteiger partial charge in [-0.25, -0.2) is 9.97 Å². The molecule has 0 radical (unpaired) electrons. The highest BCUT2D eigenvalue weighted by atomic mass is 16.5. The molecule has 16 nitrogen and oxygen atoms in total. The molecule has 2 aromatic carbocycles. The highest BCUT2D eigenvalue weighted by Crippen LogP contribution is 2.22. The molecule has 3 unspecified atom stereocenters. The Morgan fingerprint density at radius 2 is 1.23 bits per heavy atom. The highest BCUT2D eigenvalue weighted by molar-refractivity contribution is 5.87. The molecule has 0 bridgehead atoms. The molecule has 2 aromatic heterocycles. The van der Waals surface area contributed by atoms with Gasteiger partial charge in [0.2, 0.25) is 0 Å². The largest absolute Gasteiger partial charge is 0.497 e. The SMILES string of the molecule is COC(=O)C1CC(=O)CCN1CCn1c(=O)cnc2ccc(OC)cc21.COC(=O)C1CC(O)CCN1CCn1c(=O)cnc2ccc(OC)cc21. The van der Waals surface area contributed by atoms with E-state index in [0.717, 1.165) is 0 Å². The number of methoxy groups -OCH3 is 4. The molecule has 4 aromatic rings. The number of Topliss-reactive ketones (excluding diaryl/α,β-unsaturated/α-hetero) is 1.